The molecule has 0 aliphatic heterocycles. The Hall–Kier alpha value is -3.39. The van der Waals surface area contributed by atoms with E-state index in [4.69, 9.17) is 18.9 Å². The van der Waals surface area contributed by atoms with Crippen LogP contribution in [0.25, 0.3) is 0 Å². The maximum atomic E-state index is 12.8. The van der Waals surface area contributed by atoms with E-state index in [1.54, 1.807) is 25.3 Å². The average Bonchev–Trinajstić information content (AvgIpc) is 2.80. The predicted molar refractivity (Wildman–Crippen MR) is 115 cm³/mol. The zero-order valence-corrected chi connectivity index (χ0v) is 18.2. The Bertz CT molecular complexity index is 905. The minimum absolute atomic E-state index is 0.112. The molecular weight excluding hydrogens is 402 g/mol. The van der Waals surface area contributed by atoms with Gasteiger partial charge >= 0.3 is 11.9 Å². The Balaban J connectivity index is 2.27. The van der Waals surface area contributed by atoms with Gasteiger partial charge in [0.25, 0.3) is 5.91 Å². The second-order valence-electron chi connectivity index (χ2n) is 6.67. The van der Waals surface area contributed by atoms with Crippen molar-refractivity contribution in [3.05, 3.63) is 58.7 Å². The summed E-state index contributed by atoms with van der Waals surface area (Å²) in [5.74, 6) is -1.08. The molecule has 0 aliphatic carbocycles. The van der Waals surface area contributed by atoms with Crippen LogP contribution in [-0.4, -0.2) is 45.8 Å². The molecule has 0 unspecified atom stereocenters. The van der Waals surface area contributed by atoms with E-state index in [9.17, 15) is 14.4 Å². The van der Waals surface area contributed by atoms with Crippen LogP contribution in [-0.2, 0) is 20.8 Å². The number of benzene rings is 2. The molecule has 0 saturated carbocycles. The van der Waals surface area contributed by atoms with E-state index in [1.807, 2.05) is 0 Å². The Labute approximate surface area is 181 Å². The van der Waals surface area contributed by atoms with Gasteiger partial charge in [0.15, 0.2) is 0 Å². The van der Waals surface area contributed by atoms with Crippen molar-refractivity contribution in [2.24, 2.45) is 0 Å². The molecule has 0 spiro atoms. The maximum Gasteiger partial charge on any atom is 0.337 e. The number of carbonyl (C=O) groups excluding carboxylic acids is 3. The third-order valence-corrected chi connectivity index (χ3v) is 4.48. The number of anilines is 1. The second kappa shape index (κ2) is 11.7. The third kappa shape index (κ3) is 6.55. The maximum absolute atomic E-state index is 12.8. The molecule has 1 amide bonds. The fourth-order valence-corrected chi connectivity index (χ4v) is 2.84. The van der Waals surface area contributed by atoms with Crippen molar-refractivity contribution in [2.75, 3.05) is 33.3 Å². The van der Waals surface area contributed by atoms with Gasteiger partial charge in [0.05, 0.1) is 39.1 Å². The Morgan fingerprint density at radius 1 is 0.871 bits per heavy atom. The number of amides is 1. The number of ether oxygens (including phenoxy) is 4. The van der Waals surface area contributed by atoms with E-state index < -0.39 is 17.8 Å². The summed E-state index contributed by atoms with van der Waals surface area (Å²) in [5.41, 5.74) is 1.59. The van der Waals surface area contributed by atoms with Crippen LogP contribution in [0.1, 0.15) is 56.4 Å². The number of rotatable bonds is 10. The molecule has 166 valence electrons. The highest BCUT2D eigenvalue weighted by atomic mass is 16.5. The van der Waals surface area contributed by atoms with Crippen LogP contribution in [0.15, 0.2) is 36.4 Å². The lowest BCUT2D eigenvalue weighted by Crippen LogP contribution is -2.15. The molecule has 2 rings (SSSR count). The first-order chi connectivity index (χ1) is 14.9. The quantitative estimate of drug-likeness (QED) is 0.452. The summed E-state index contributed by atoms with van der Waals surface area (Å²) >= 11 is 0. The molecule has 8 heteroatoms. The van der Waals surface area contributed by atoms with E-state index in [-0.39, 0.29) is 16.8 Å². The van der Waals surface area contributed by atoms with Crippen LogP contribution in [0.2, 0.25) is 0 Å². The predicted octanol–water partition coefficient (Wildman–Crippen LogP) is 3.84. The summed E-state index contributed by atoms with van der Waals surface area (Å²) in [6.45, 7) is 3.01. The van der Waals surface area contributed by atoms with E-state index in [0.29, 0.717) is 24.5 Å². The molecular formula is C23H27NO7. The summed E-state index contributed by atoms with van der Waals surface area (Å²) in [4.78, 5) is 36.7. The fourth-order valence-electron chi connectivity index (χ4n) is 2.84. The van der Waals surface area contributed by atoms with Gasteiger partial charge in [0.1, 0.15) is 5.75 Å². The molecule has 0 aliphatic rings. The Morgan fingerprint density at radius 3 is 2.06 bits per heavy atom. The van der Waals surface area contributed by atoms with Gasteiger partial charge in [-0.3, -0.25) is 4.79 Å². The molecule has 0 fully saturated rings. The van der Waals surface area contributed by atoms with Gasteiger partial charge in [-0.15, -0.1) is 0 Å². The lowest BCUT2D eigenvalue weighted by Gasteiger charge is -2.13. The van der Waals surface area contributed by atoms with Gasteiger partial charge < -0.3 is 24.3 Å². The lowest BCUT2D eigenvalue weighted by atomic mass is 10.1. The van der Waals surface area contributed by atoms with Crippen molar-refractivity contribution in [1.82, 2.24) is 0 Å². The molecule has 1 N–H and O–H groups in total. The lowest BCUT2D eigenvalue weighted by molar-refractivity contribution is 0.0599. The zero-order valence-electron chi connectivity index (χ0n) is 18.2. The molecule has 2 aromatic carbocycles. The molecule has 0 aromatic heterocycles. The van der Waals surface area contributed by atoms with Crippen molar-refractivity contribution in [3.8, 4) is 5.75 Å². The molecule has 8 nitrogen and oxygen atoms in total. The summed E-state index contributed by atoms with van der Waals surface area (Å²) in [6, 6.07) is 9.19. The highest BCUT2D eigenvalue weighted by molar-refractivity contribution is 6.06. The minimum Gasteiger partial charge on any atom is -0.496 e. The number of esters is 2. The first-order valence-electron chi connectivity index (χ1n) is 9.81. The minimum atomic E-state index is -0.641. The Kier molecular flexibility index (Phi) is 9.02. The fraction of sp³-hybridized carbons (Fsp3) is 0.348. The first kappa shape index (κ1) is 23.9. The van der Waals surface area contributed by atoms with Gasteiger partial charge in [-0.2, -0.15) is 0 Å². The standard InChI is InChI=1S/C23H27NO7/c1-5-6-9-31-14-18-10-15(7-8-20(18)28-2)21(25)24-19-12-16(22(26)29-3)11-17(13-19)23(27)30-4/h7-8,10-13H,5-6,9,14H2,1-4H3,(H,24,25). The van der Waals surface area contributed by atoms with Crippen LogP contribution >= 0.6 is 0 Å². The van der Waals surface area contributed by atoms with Crippen molar-refractivity contribution < 1.29 is 33.3 Å². The monoisotopic (exact) mass is 429 g/mol. The number of hydrogen-bond donors (Lipinski definition) is 1. The van der Waals surface area contributed by atoms with Crippen LogP contribution in [0.5, 0.6) is 5.75 Å². The molecule has 0 saturated heterocycles. The van der Waals surface area contributed by atoms with Crippen LogP contribution in [0, 0.1) is 0 Å². The summed E-state index contributed by atoms with van der Waals surface area (Å²) in [7, 11) is 4.01. The molecule has 0 bridgehead atoms. The van der Waals surface area contributed by atoms with E-state index in [1.165, 1.54) is 32.4 Å². The average molecular weight is 429 g/mol. The van der Waals surface area contributed by atoms with Gasteiger partial charge in [-0.05, 0) is 42.8 Å². The van der Waals surface area contributed by atoms with E-state index in [0.717, 1.165) is 18.4 Å². The Morgan fingerprint density at radius 2 is 1.52 bits per heavy atom. The molecule has 0 atom stereocenters. The first-order valence-corrected chi connectivity index (χ1v) is 9.81. The highest BCUT2D eigenvalue weighted by Crippen LogP contribution is 2.23. The number of unbranched alkanes of at least 4 members (excludes halogenated alkanes) is 1. The van der Waals surface area contributed by atoms with Crippen molar-refractivity contribution >= 4 is 23.5 Å². The van der Waals surface area contributed by atoms with Gasteiger partial charge in [0, 0.05) is 23.4 Å². The summed E-state index contributed by atoms with van der Waals surface area (Å²) < 4.78 is 20.4. The smallest absolute Gasteiger partial charge is 0.337 e. The van der Waals surface area contributed by atoms with Crippen LogP contribution < -0.4 is 10.1 Å². The number of hydrogen-bond acceptors (Lipinski definition) is 7. The molecule has 0 radical (unpaired) electrons. The van der Waals surface area contributed by atoms with Gasteiger partial charge in [-0.1, -0.05) is 13.3 Å². The largest absolute Gasteiger partial charge is 0.496 e. The van der Waals surface area contributed by atoms with Crippen molar-refractivity contribution in [1.29, 1.82) is 0 Å². The number of nitrogens with one attached hydrogen (secondary N) is 1. The highest BCUT2D eigenvalue weighted by Gasteiger charge is 2.16. The van der Waals surface area contributed by atoms with Crippen molar-refractivity contribution in [3.63, 3.8) is 0 Å². The normalized spacial score (nSPS) is 10.3. The summed E-state index contributed by atoms with van der Waals surface area (Å²) in [6.07, 6.45) is 1.97. The number of methoxy groups -OCH3 is 3. The van der Waals surface area contributed by atoms with Gasteiger partial charge in [0.2, 0.25) is 0 Å². The molecule has 0 heterocycles. The second-order valence-corrected chi connectivity index (χ2v) is 6.67. The zero-order chi connectivity index (χ0) is 22.8. The van der Waals surface area contributed by atoms with Crippen LogP contribution in [0.4, 0.5) is 5.69 Å². The van der Waals surface area contributed by atoms with Crippen molar-refractivity contribution in [2.45, 2.75) is 26.4 Å². The van der Waals surface area contributed by atoms with E-state index >= 15 is 0 Å². The third-order valence-electron chi connectivity index (χ3n) is 4.48. The molecule has 31 heavy (non-hydrogen) atoms. The van der Waals surface area contributed by atoms with E-state index in [2.05, 4.69) is 12.2 Å². The number of carbonyl (C=O) groups is 3. The SMILES string of the molecule is CCCCOCc1cc(C(=O)Nc2cc(C(=O)OC)cc(C(=O)OC)c2)ccc1OC. The summed E-state index contributed by atoms with van der Waals surface area (Å²) in [5, 5.41) is 2.70. The van der Waals surface area contributed by atoms with Gasteiger partial charge in [-0.25, -0.2) is 9.59 Å². The molecule has 2 aromatic rings. The topological polar surface area (TPSA) is 100 Å². The van der Waals surface area contributed by atoms with Crippen LogP contribution in [0.3, 0.4) is 0 Å².